The molecule has 1 saturated heterocycles. The number of thioether (sulfide) groups is 1. The number of amides is 2. The molecule has 0 bridgehead atoms. The van der Waals surface area contributed by atoms with Crippen LogP contribution in [0.2, 0.25) is 0 Å². The molecule has 6 heteroatoms. The number of carbonyl (C=O) groups excluding carboxylic acids is 2. The van der Waals surface area contributed by atoms with Crippen LogP contribution in [0.15, 0.2) is 83.8 Å². The van der Waals surface area contributed by atoms with Gasteiger partial charge in [0.15, 0.2) is 0 Å². The van der Waals surface area contributed by atoms with Crippen molar-refractivity contribution in [2.45, 2.75) is 13.2 Å². The van der Waals surface area contributed by atoms with Gasteiger partial charge in [0.2, 0.25) is 0 Å². The Morgan fingerprint density at radius 1 is 0.867 bits per heavy atom. The van der Waals surface area contributed by atoms with Crippen molar-refractivity contribution >= 4 is 51.6 Å². The lowest BCUT2D eigenvalue weighted by molar-refractivity contribution is -0.123. The summed E-state index contributed by atoms with van der Waals surface area (Å²) in [7, 11) is 0. The van der Waals surface area contributed by atoms with Crippen molar-refractivity contribution in [1.82, 2.24) is 4.90 Å². The third kappa shape index (κ3) is 5.12. The highest BCUT2D eigenvalue weighted by molar-refractivity contribution is 14.1. The quantitative estimate of drug-likeness (QED) is 0.287. The van der Waals surface area contributed by atoms with Gasteiger partial charge in [0.05, 0.1) is 11.4 Å². The van der Waals surface area contributed by atoms with Crippen molar-refractivity contribution in [3.63, 3.8) is 0 Å². The third-order valence-corrected chi connectivity index (χ3v) is 6.18. The van der Waals surface area contributed by atoms with Gasteiger partial charge in [0.1, 0.15) is 12.4 Å². The van der Waals surface area contributed by atoms with Crippen LogP contribution in [-0.2, 0) is 17.9 Å². The Labute approximate surface area is 193 Å². The number of imide groups is 1. The molecule has 0 N–H and O–H groups in total. The maximum absolute atomic E-state index is 12.7. The molecule has 4 nitrogen and oxygen atoms in total. The van der Waals surface area contributed by atoms with Gasteiger partial charge in [0, 0.05) is 3.57 Å². The van der Waals surface area contributed by atoms with Crippen LogP contribution < -0.4 is 4.74 Å². The first-order valence-electron chi connectivity index (χ1n) is 9.35. The lowest BCUT2D eigenvalue weighted by atomic mass is 10.2. The number of ether oxygens (including phenoxy) is 1. The van der Waals surface area contributed by atoms with E-state index >= 15 is 0 Å². The topological polar surface area (TPSA) is 46.6 Å². The van der Waals surface area contributed by atoms with Crippen molar-refractivity contribution in [3.05, 3.63) is 104 Å². The Morgan fingerprint density at radius 2 is 1.57 bits per heavy atom. The Balaban J connectivity index is 1.41. The summed E-state index contributed by atoms with van der Waals surface area (Å²) in [5.74, 6) is 0.496. The van der Waals surface area contributed by atoms with E-state index in [0.717, 1.165) is 37.8 Å². The molecule has 0 aromatic heterocycles. The van der Waals surface area contributed by atoms with Crippen LogP contribution in [0, 0.1) is 3.57 Å². The van der Waals surface area contributed by atoms with Gasteiger partial charge in [-0.2, -0.15) is 0 Å². The van der Waals surface area contributed by atoms with E-state index in [1.54, 1.807) is 6.08 Å². The van der Waals surface area contributed by atoms with Crippen LogP contribution in [0.1, 0.15) is 16.7 Å². The Morgan fingerprint density at radius 3 is 2.27 bits per heavy atom. The lowest BCUT2D eigenvalue weighted by Crippen LogP contribution is -2.27. The highest BCUT2D eigenvalue weighted by Crippen LogP contribution is 2.33. The van der Waals surface area contributed by atoms with Gasteiger partial charge in [-0.05, 0) is 81.4 Å². The Bertz CT molecular complexity index is 1080. The number of rotatable bonds is 6. The van der Waals surface area contributed by atoms with Gasteiger partial charge in [0.25, 0.3) is 11.1 Å². The highest BCUT2D eigenvalue weighted by atomic mass is 127. The van der Waals surface area contributed by atoms with Crippen LogP contribution in [-0.4, -0.2) is 16.0 Å². The number of hydrogen-bond acceptors (Lipinski definition) is 4. The number of halogens is 1. The van der Waals surface area contributed by atoms with E-state index in [1.807, 2.05) is 78.9 Å². The van der Waals surface area contributed by atoms with Gasteiger partial charge in [-0.3, -0.25) is 14.5 Å². The van der Waals surface area contributed by atoms with E-state index in [0.29, 0.717) is 11.5 Å². The molecule has 0 saturated carbocycles. The molecule has 3 aromatic carbocycles. The normalized spacial score (nSPS) is 15.1. The van der Waals surface area contributed by atoms with E-state index in [9.17, 15) is 9.59 Å². The third-order valence-electron chi connectivity index (χ3n) is 4.55. The molecule has 30 heavy (non-hydrogen) atoms. The standard InChI is InChI=1S/C24H18INO3S/c25-20-10-6-18(7-11-20)15-26-23(27)22(30-24(26)28)14-17-8-12-21(13-9-17)29-16-19-4-2-1-3-5-19/h1-14H,15-16H2/b22-14+. The molecule has 4 rings (SSSR count). The summed E-state index contributed by atoms with van der Waals surface area (Å²) in [6, 6.07) is 25.3. The first-order chi connectivity index (χ1) is 14.6. The second-order valence-corrected chi connectivity index (χ2v) is 8.98. The van der Waals surface area contributed by atoms with E-state index in [2.05, 4.69) is 22.6 Å². The Hall–Kier alpha value is -2.58. The molecule has 1 heterocycles. The van der Waals surface area contributed by atoms with E-state index in [4.69, 9.17) is 4.74 Å². The predicted molar refractivity (Wildman–Crippen MR) is 128 cm³/mol. The average Bonchev–Trinajstić information content (AvgIpc) is 3.03. The summed E-state index contributed by atoms with van der Waals surface area (Å²) >= 11 is 3.20. The molecular weight excluding hydrogens is 509 g/mol. The Kier molecular flexibility index (Phi) is 6.54. The van der Waals surface area contributed by atoms with Crippen LogP contribution >= 0.6 is 34.4 Å². The van der Waals surface area contributed by atoms with Crippen molar-refractivity contribution < 1.29 is 14.3 Å². The number of nitrogens with zero attached hydrogens (tertiary/aromatic N) is 1. The minimum absolute atomic E-state index is 0.243. The molecule has 1 fully saturated rings. The van der Waals surface area contributed by atoms with Gasteiger partial charge in [-0.1, -0.05) is 54.6 Å². The lowest BCUT2D eigenvalue weighted by Gasteiger charge is -2.12. The molecule has 3 aromatic rings. The summed E-state index contributed by atoms with van der Waals surface area (Å²) in [6.45, 7) is 0.781. The molecule has 1 aliphatic rings. The van der Waals surface area contributed by atoms with Gasteiger partial charge in [-0.25, -0.2) is 0 Å². The van der Waals surface area contributed by atoms with Crippen LogP contribution in [0.25, 0.3) is 6.08 Å². The average molecular weight is 527 g/mol. The van der Waals surface area contributed by atoms with Crippen LogP contribution in [0.3, 0.4) is 0 Å². The zero-order valence-corrected chi connectivity index (χ0v) is 18.9. The number of carbonyl (C=O) groups is 2. The predicted octanol–water partition coefficient (Wildman–Crippen LogP) is 6.11. The molecular formula is C24H18INO3S. The summed E-state index contributed by atoms with van der Waals surface area (Å²) in [5.41, 5.74) is 2.88. The van der Waals surface area contributed by atoms with Gasteiger partial charge in [-0.15, -0.1) is 0 Å². The zero-order valence-electron chi connectivity index (χ0n) is 16.0. The van der Waals surface area contributed by atoms with E-state index < -0.39 is 0 Å². The molecule has 0 atom stereocenters. The first kappa shape index (κ1) is 20.7. The van der Waals surface area contributed by atoms with Gasteiger partial charge < -0.3 is 4.74 Å². The summed E-state index contributed by atoms with van der Waals surface area (Å²) < 4.78 is 6.90. The second kappa shape index (κ2) is 9.49. The highest BCUT2D eigenvalue weighted by Gasteiger charge is 2.34. The minimum atomic E-state index is -0.257. The van der Waals surface area contributed by atoms with Crippen molar-refractivity contribution in [2.24, 2.45) is 0 Å². The summed E-state index contributed by atoms with van der Waals surface area (Å²) in [6.07, 6.45) is 1.75. The van der Waals surface area contributed by atoms with Gasteiger partial charge >= 0.3 is 0 Å². The summed E-state index contributed by atoms with van der Waals surface area (Å²) in [5, 5.41) is -0.243. The van der Waals surface area contributed by atoms with Crippen LogP contribution in [0.4, 0.5) is 4.79 Å². The van der Waals surface area contributed by atoms with Crippen LogP contribution in [0.5, 0.6) is 5.75 Å². The molecule has 0 aliphatic carbocycles. The number of benzene rings is 3. The zero-order chi connectivity index (χ0) is 20.9. The fourth-order valence-corrected chi connectivity index (χ4v) is 4.16. The van der Waals surface area contributed by atoms with Crippen molar-refractivity contribution in [2.75, 3.05) is 0 Å². The minimum Gasteiger partial charge on any atom is -0.489 e. The first-order valence-corrected chi connectivity index (χ1v) is 11.2. The van der Waals surface area contributed by atoms with E-state index in [1.165, 1.54) is 4.90 Å². The molecule has 0 radical (unpaired) electrons. The molecule has 2 amide bonds. The SMILES string of the molecule is O=C1S/C(=C/c2ccc(OCc3ccccc3)cc2)C(=O)N1Cc1ccc(I)cc1. The van der Waals surface area contributed by atoms with Crippen molar-refractivity contribution in [3.8, 4) is 5.75 Å². The van der Waals surface area contributed by atoms with E-state index in [-0.39, 0.29) is 17.7 Å². The largest absolute Gasteiger partial charge is 0.489 e. The van der Waals surface area contributed by atoms with Crippen molar-refractivity contribution in [1.29, 1.82) is 0 Å². The maximum atomic E-state index is 12.7. The monoisotopic (exact) mass is 527 g/mol. The second-order valence-electron chi connectivity index (χ2n) is 6.74. The molecule has 1 aliphatic heterocycles. The fraction of sp³-hybridized carbons (Fsp3) is 0.0833. The fourth-order valence-electron chi connectivity index (χ4n) is 2.96. The molecule has 0 unspecified atom stereocenters. The molecule has 150 valence electrons. The summed E-state index contributed by atoms with van der Waals surface area (Å²) in [4.78, 5) is 26.8. The smallest absolute Gasteiger partial charge is 0.293 e. The number of hydrogen-bond donors (Lipinski definition) is 0. The molecule has 0 spiro atoms. The maximum Gasteiger partial charge on any atom is 0.293 e.